The van der Waals surface area contributed by atoms with Crippen LogP contribution in [0.3, 0.4) is 0 Å². The zero-order valence-corrected chi connectivity index (χ0v) is 22.7. The topological polar surface area (TPSA) is 75.8 Å². The molecule has 206 valence electrons. The number of nitrogens with zero attached hydrogens (tertiary/aromatic N) is 3. The van der Waals surface area contributed by atoms with E-state index in [0.29, 0.717) is 44.6 Å². The van der Waals surface area contributed by atoms with Gasteiger partial charge in [-0.25, -0.2) is 4.79 Å². The number of carbonyl (C=O) groups excluding carboxylic acids is 2. The van der Waals surface area contributed by atoms with E-state index < -0.39 is 0 Å². The number of aromatic nitrogens is 1. The summed E-state index contributed by atoms with van der Waals surface area (Å²) in [5, 5.41) is 0. The summed E-state index contributed by atoms with van der Waals surface area (Å²) in [6.07, 6.45) is 3.97. The standard InChI is InChI=1S/C33H35N3O4/c37-30(22-24-8-3-1-4-9-24)34-18-14-26(15-19-34)28-12-7-13-29-32(28)36(33(39)40-29)27-16-20-35(21-17-27)31(38)23-25-10-5-2-6-11-25/h1-13,26-27H,14-23H2. The first kappa shape index (κ1) is 26.1. The van der Waals surface area contributed by atoms with Gasteiger partial charge >= 0.3 is 5.76 Å². The fourth-order valence-corrected chi connectivity index (χ4v) is 6.35. The van der Waals surface area contributed by atoms with Crippen LogP contribution < -0.4 is 5.76 Å². The summed E-state index contributed by atoms with van der Waals surface area (Å²) >= 11 is 0. The Morgan fingerprint density at radius 1 is 0.675 bits per heavy atom. The van der Waals surface area contributed by atoms with Gasteiger partial charge in [0, 0.05) is 32.2 Å². The molecule has 1 aromatic heterocycles. The van der Waals surface area contributed by atoms with Crippen LogP contribution in [-0.4, -0.2) is 52.4 Å². The second-order valence-corrected chi connectivity index (χ2v) is 11.0. The zero-order chi connectivity index (χ0) is 27.5. The van der Waals surface area contributed by atoms with Crippen molar-refractivity contribution in [3.63, 3.8) is 0 Å². The maximum atomic E-state index is 13.1. The lowest BCUT2D eigenvalue weighted by Crippen LogP contribution is -2.41. The van der Waals surface area contributed by atoms with Gasteiger partial charge in [0.15, 0.2) is 5.58 Å². The molecule has 7 nitrogen and oxygen atoms in total. The van der Waals surface area contributed by atoms with E-state index in [0.717, 1.165) is 47.9 Å². The van der Waals surface area contributed by atoms with Gasteiger partial charge in [-0.1, -0.05) is 72.8 Å². The average Bonchev–Trinajstić information content (AvgIpc) is 3.34. The molecule has 2 fully saturated rings. The quantitative estimate of drug-likeness (QED) is 0.349. The first-order chi connectivity index (χ1) is 19.6. The van der Waals surface area contributed by atoms with Crippen molar-refractivity contribution in [1.82, 2.24) is 14.4 Å². The molecule has 0 spiro atoms. The fourth-order valence-electron chi connectivity index (χ4n) is 6.35. The van der Waals surface area contributed by atoms with E-state index >= 15 is 0 Å². The number of carbonyl (C=O) groups is 2. The molecule has 0 bridgehead atoms. The lowest BCUT2D eigenvalue weighted by molar-refractivity contribution is -0.132. The summed E-state index contributed by atoms with van der Waals surface area (Å²) in [5.74, 6) is 0.215. The van der Waals surface area contributed by atoms with Crippen molar-refractivity contribution in [2.75, 3.05) is 26.2 Å². The molecule has 2 saturated heterocycles. The number of rotatable bonds is 6. The molecule has 2 aliphatic heterocycles. The average molecular weight is 538 g/mol. The van der Waals surface area contributed by atoms with Crippen molar-refractivity contribution in [2.24, 2.45) is 0 Å². The Balaban J connectivity index is 1.14. The molecule has 6 rings (SSSR count). The van der Waals surface area contributed by atoms with E-state index in [1.54, 1.807) is 0 Å². The van der Waals surface area contributed by atoms with E-state index in [1.807, 2.05) is 87.2 Å². The minimum Gasteiger partial charge on any atom is -0.408 e. The number of benzene rings is 3. The normalized spacial score (nSPS) is 16.9. The highest BCUT2D eigenvalue weighted by Crippen LogP contribution is 2.35. The van der Waals surface area contributed by atoms with Gasteiger partial charge in [0.05, 0.1) is 18.4 Å². The molecule has 0 radical (unpaired) electrons. The predicted molar refractivity (Wildman–Crippen MR) is 154 cm³/mol. The van der Waals surface area contributed by atoms with Crippen LogP contribution in [0.1, 0.15) is 54.3 Å². The molecule has 0 saturated carbocycles. The number of piperidine rings is 2. The third kappa shape index (κ3) is 5.46. The first-order valence-electron chi connectivity index (χ1n) is 14.3. The summed E-state index contributed by atoms with van der Waals surface area (Å²) in [4.78, 5) is 42.8. The third-order valence-electron chi connectivity index (χ3n) is 8.53. The van der Waals surface area contributed by atoms with Crippen molar-refractivity contribution in [3.8, 4) is 0 Å². The van der Waals surface area contributed by atoms with Crippen LogP contribution >= 0.6 is 0 Å². The third-order valence-corrected chi connectivity index (χ3v) is 8.53. The van der Waals surface area contributed by atoms with E-state index in [-0.39, 0.29) is 29.5 Å². The summed E-state index contributed by atoms with van der Waals surface area (Å²) in [6, 6.07) is 25.6. The monoisotopic (exact) mass is 537 g/mol. The Labute approximate surface area is 234 Å². The highest BCUT2D eigenvalue weighted by Gasteiger charge is 2.30. The summed E-state index contributed by atoms with van der Waals surface area (Å²) < 4.78 is 7.57. The van der Waals surface area contributed by atoms with Crippen LogP contribution in [0.4, 0.5) is 0 Å². The molecule has 0 atom stereocenters. The lowest BCUT2D eigenvalue weighted by Gasteiger charge is -2.34. The van der Waals surface area contributed by atoms with Crippen molar-refractivity contribution in [3.05, 3.63) is 106 Å². The fraction of sp³-hybridized carbons (Fsp3) is 0.364. The van der Waals surface area contributed by atoms with Crippen molar-refractivity contribution in [1.29, 1.82) is 0 Å². The van der Waals surface area contributed by atoms with Gasteiger partial charge in [-0.2, -0.15) is 0 Å². The van der Waals surface area contributed by atoms with Crippen LogP contribution in [0.5, 0.6) is 0 Å². The van der Waals surface area contributed by atoms with Gasteiger partial charge in [-0.05, 0) is 54.4 Å². The van der Waals surface area contributed by atoms with E-state index in [9.17, 15) is 14.4 Å². The van der Waals surface area contributed by atoms with Gasteiger partial charge in [-0.15, -0.1) is 0 Å². The Morgan fingerprint density at radius 3 is 1.75 bits per heavy atom. The molecule has 7 heteroatoms. The van der Waals surface area contributed by atoms with E-state index in [2.05, 4.69) is 6.07 Å². The molecule has 0 aliphatic carbocycles. The van der Waals surface area contributed by atoms with Gasteiger partial charge in [0.1, 0.15) is 0 Å². The van der Waals surface area contributed by atoms with Gasteiger partial charge < -0.3 is 14.2 Å². The molecular formula is C33H35N3O4. The van der Waals surface area contributed by atoms with Crippen LogP contribution in [0.15, 0.2) is 88.1 Å². The smallest absolute Gasteiger partial charge is 0.408 e. The molecule has 2 amide bonds. The summed E-state index contributed by atoms with van der Waals surface area (Å²) in [6.45, 7) is 2.66. The molecular weight excluding hydrogens is 502 g/mol. The summed E-state index contributed by atoms with van der Waals surface area (Å²) in [5.41, 5.74) is 4.68. The van der Waals surface area contributed by atoms with Crippen LogP contribution in [0, 0.1) is 0 Å². The highest BCUT2D eigenvalue weighted by molar-refractivity contribution is 5.80. The number of fused-ring (bicyclic) bond motifs is 1. The molecule has 0 N–H and O–H groups in total. The number of hydrogen-bond acceptors (Lipinski definition) is 4. The van der Waals surface area contributed by atoms with Crippen molar-refractivity contribution in [2.45, 2.75) is 50.5 Å². The number of oxazole rings is 1. The molecule has 3 heterocycles. The second-order valence-electron chi connectivity index (χ2n) is 11.0. The van der Waals surface area contributed by atoms with Crippen molar-refractivity contribution >= 4 is 22.9 Å². The Hall–Kier alpha value is -4.13. The van der Waals surface area contributed by atoms with Crippen LogP contribution in [0.2, 0.25) is 0 Å². The van der Waals surface area contributed by atoms with E-state index in [1.165, 1.54) is 0 Å². The lowest BCUT2D eigenvalue weighted by atomic mass is 9.88. The second kappa shape index (κ2) is 11.5. The van der Waals surface area contributed by atoms with Crippen molar-refractivity contribution < 1.29 is 14.0 Å². The maximum Gasteiger partial charge on any atom is 0.420 e. The Morgan fingerprint density at radius 2 is 1.20 bits per heavy atom. The largest absolute Gasteiger partial charge is 0.420 e. The molecule has 0 unspecified atom stereocenters. The molecule has 4 aromatic rings. The van der Waals surface area contributed by atoms with Crippen LogP contribution in [0.25, 0.3) is 11.1 Å². The number of hydrogen-bond donors (Lipinski definition) is 0. The SMILES string of the molecule is O=C(Cc1ccccc1)N1CCC(c2cccc3oc(=O)n(C4CCN(C(=O)Cc5ccccc5)CC4)c23)CC1. The minimum absolute atomic E-state index is 0.0109. The molecule has 40 heavy (non-hydrogen) atoms. The van der Waals surface area contributed by atoms with Gasteiger partial charge in [0.25, 0.3) is 0 Å². The molecule has 3 aromatic carbocycles. The first-order valence-corrected chi connectivity index (χ1v) is 14.3. The maximum absolute atomic E-state index is 13.1. The number of para-hydroxylation sites is 1. The van der Waals surface area contributed by atoms with E-state index in [4.69, 9.17) is 4.42 Å². The molecule has 2 aliphatic rings. The number of likely N-dealkylation sites (tertiary alicyclic amines) is 2. The Kier molecular flexibility index (Phi) is 7.53. The summed E-state index contributed by atoms with van der Waals surface area (Å²) in [7, 11) is 0. The predicted octanol–water partition coefficient (Wildman–Crippen LogP) is 4.95. The number of amides is 2. The zero-order valence-electron chi connectivity index (χ0n) is 22.7. The highest BCUT2D eigenvalue weighted by atomic mass is 16.4. The Bertz CT molecular complexity index is 1530. The van der Waals surface area contributed by atoms with Gasteiger partial charge in [-0.3, -0.25) is 14.2 Å². The minimum atomic E-state index is -0.327. The van der Waals surface area contributed by atoms with Crippen LogP contribution in [-0.2, 0) is 22.4 Å². The van der Waals surface area contributed by atoms with Gasteiger partial charge in [0.2, 0.25) is 11.8 Å².